The Kier molecular flexibility index (Phi) is 3.70. The highest BCUT2D eigenvalue weighted by Crippen LogP contribution is 2.47. The third-order valence-electron chi connectivity index (χ3n) is 5.31. The van der Waals surface area contributed by atoms with Gasteiger partial charge in [0, 0.05) is 22.6 Å². The van der Waals surface area contributed by atoms with Crippen molar-refractivity contribution in [2.24, 2.45) is 0 Å². The van der Waals surface area contributed by atoms with Crippen LogP contribution < -0.4 is 15.5 Å². The van der Waals surface area contributed by atoms with E-state index >= 15 is 0 Å². The molecule has 2 aliphatic heterocycles. The molecule has 1 atom stereocenters. The molecule has 1 unspecified atom stereocenters. The molecule has 2 N–H and O–H groups in total. The molecule has 5 nitrogen and oxygen atoms in total. The number of para-hydroxylation sites is 1. The average Bonchev–Trinajstić information content (AvgIpc) is 2.96. The molecule has 0 aromatic heterocycles. The monoisotopic (exact) mass is 407 g/mol. The van der Waals surface area contributed by atoms with Gasteiger partial charge in [0.25, 0.3) is 11.8 Å². The van der Waals surface area contributed by atoms with Crippen LogP contribution in [0.1, 0.15) is 21.5 Å². The minimum absolute atomic E-state index is 0.132. The molecule has 2 heterocycles. The summed E-state index contributed by atoms with van der Waals surface area (Å²) >= 11 is 6.00. The van der Waals surface area contributed by atoms with Crippen LogP contribution >= 0.6 is 11.6 Å². The first-order chi connectivity index (χ1) is 13.9. The highest BCUT2D eigenvalue weighted by atomic mass is 35.5. The number of nitrogens with zero attached hydrogens (tertiary/aromatic N) is 1. The minimum atomic E-state index is -1.52. The number of hydrogen-bond donors (Lipinski definition) is 2. The largest absolute Gasteiger partial charge is 0.350 e. The van der Waals surface area contributed by atoms with E-state index in [-0.39, 0.29) is 10.9 Å². The maximum atomic E-state index is 13.8. The average molecular weight is 408 g/mol. The second-order valence-corrected chi connectivity index (χ2v) is 7.53. The molecule has 2 amide bonds. The fourth-order valence-electron chi connectivity index (χ4n) is 3.98. The van der Waals surface area contributed by atoms with Crippen molar-refractivity contribution in [3.63, 3.8) is 0 Å². The fourth-order valence-corrected chi connectivity index (χ4v) is 4.16. The summed E-state index contributed by atoms with van der Waals surface area (Å²) in [5.74, 6) is -1.39. The van der Waals surface area contributed by atoms with Gasteiger partial charge in [-0.2, -0.15) is 0 Å². The highest BCUT2D eigenvalue weighted by Gasteiger charge is 2.57. The Morgan fingerprint density at radius 1 is 1.00 bits per heavy atom. The molecular weight excluding hydrogens is 393 g/mol. The van der Waals surface area contributed by atoms with Crippen LogP contribution in [-0.4, -0.2) is 11.8 Å². The molecule has 1 spiro atoms. The van der Waals surface area contributed by atoms with Crippen molar-refractivity contribution in [3.8, 4) is 0 Å². The SMILES string of the molecule is Cc1ccc2c(c1)C1(Nc3ccccc3C(=O)N1c1ccc(F)c(Cl)c1)C(=O)N2. The predicted molar refractivity (Wildman–Crippen MR) is 110 cm³/mol. The van der Waals surface area contributed by atoms with Crippen LogP contribution in [0.5, 0.6) is 0 Å². The van der Waals surface area contributed by atoms with E-state index in [2.05, 4.69) is 10.6 Å². The lowest BCUT2D eigenvalue weighted by Crippen LogP contribution is -2.61. The van der Waals surface area contributed by atoms with Crippen molar-refractivity contribution < 1.29 is 14.0 Å². The summed E-state index contributed by atoms with van der Waals surface area (Å²) in [6.07, 6.45) is 0. The summed E-state index contributed by atoms with van der Waals surface area (Å²) in [5.41, 5.74) is 1.91. The van der Waals surface area contributed by atoms with Crippen molar-refractivity contribution in [3.05, 3.63) is 88.2 Å². The zero-order chi connectivity index (χ0) is 20.3. The molecule has 5 rings (SSSR count). The van der Waals surface area contributed by atoms with Crippen LogP contribution in [0.2, 0.25) is 5.02 Å². The zero-order valence-electron chi connectivity index (χ0n) is 15.3. The Hall–Kier alpha value is -3.38. The van der Waals surface area contributed by atoms with Crippen LogP contribution in [0.4, 0.5) is 21.5 Å². The third-order valence-corrected chi connectivity index (χ3v) is 5.60. The lowest BCUT2D eigenvalue weighted by Gasteiger charge is -2.44. The van der Waals surface area contributed by atoms with E-state index in [1.165, 1.54) is 23.1 Å². The lowest BCUT2D eigenvalue weighted by atomic mass is 9.91. The second kappa shape index (κ2) is 6.06. The van der Waals surface area contributed by atoms with Crippen molar-refractivity contribution in [1.29, 1.82) is 0 Å². The molecule has 0 saturated heterocycles. The van der Waals surface area contributed by atoms with Crippen molar-refractivity contribution in [2.45, 2.75) is 12.6 Å². The number of anilines is 3. The van der Waals surface area contributed by atoms with Gasteiger partial charge in [-0.05, 0) is 49.4 Å². The number of benzene rings is 3. The van der Waals surface area contributed by atoms with Crippen molar-refractivity contribution >= 4 is 40.5 Å². The molecule has 2 aliphatic rings. The number of amides is 2. The first kappa shape index (κ1) is 17.7. The van der Waals surface area contributed by atoms with Gasteiger partial charge in [0.2, 0.25) is 5.66 Å². The molecule has 0 radical (unpaired) electrons. The van der Waals surface area contributed by atoms with E-state index in [0.29, 0.717) is 28.2 Å². The van der Waals surface area contributed by atoms with Crippen LogP contribution in [-0.2, 0) is 10.5 Å². The first-order valence-corrected chi connectivity index (χ1v) is 9.39. The third kappa shape index (κ3) is 2.39. The summed E-state index contributed by atoms with van der Waals surface area (Å²) in [5, 5.41) is 6.00. The van der Waals surface area contributed by atoms with Crippen LogP contribution in [0.25, 0.3) is 0 Å². The maximum Gasteiger partial charge on any atom is 0.276 e. The van der Waals surface area contributed by atoms with Crippen molar-refractivity contribution in [1.82, 2.24) is 0 Å². The number of fused-ring (bicyclic) bond motifs is 3. The topological polar surface area (TPSA) is 61.4 Å². The van der Waals surface area contributed by atoms with Gasteiger partial charge < -0.3 is 10.6 Å². The molecule has 0 aliphatic carbocycles. The molecule has 144 valence electrons. The summed E-state index contributed by atoms with van der Waals surface area (Å²) < 4.78 is 13.8. The second-order valence-electron chi connectivity index (χ2n) is 7.12. The normalized spacial score (nSPS) is 19.6. The van der Waals surface area contributed by atoms with Gasteiger partial charge in [-0.25, -0.2) is 4.39 Å². The van der Waals surface area contributed by atoms with Gasteiger partial charge in [-0.15, -0.1) is 0 Å². The lowest BCUT2D eigenvalue weighted by molar-refractivity contribution is -0.119. The highest BCUT2D eigenvalue weighted by molar-refractivity contribution is 6.31. The Bertz CT molecular complexity index is 1210. The number of carbonyl (C=O) groups is 2. The number of hydrogen-bond acceptors (Lipinski definition) is 3. The quantitative estimate of drug-likeness (QED) is 0.616. The van der Waals surface area contributed by atoms with Gasteiger partial charge in [0.05, 0.1) is 10.6 Å². The van der Waals surface area contributed by atoms with E-state index in [9.17, 15) is 14.0 Å². The number of rotatable bonds is 1. The van der Waals surface area contributed by atoms with Gasteiger partial charge in [-0.3, -0.25) is 14.5 Å². The molecule has 3 aromatic carbocycles. The van der Waals surface area contributed by atoms with Gasteiger partial charge in [0.1, 0.15) is 5.82 Å². The van der Waals surface area contributed by atoms with Crippen LogP contribution in [0.3, 0.4) is 0 Å². The number of nitrogens with one attached hydrogen (secondary N) is 2. The van der Waals surface area contributed by atoms with Crippen LogP contribution in [0, 0.1) is 12.7 Å². The van der Waals surface area contributed by atoms with E-state index in [4.69, 9.17) is 11.6 Å². The Morgan fingerprint density at radius 2 is 1.79 bits per heavy atom. The first-order valence-electron chi connectivity index (χ1n) is 9.01. The maximum absolute atomic E-state index is 13.8. The van der Waals surface area contributed by atoms with Crippen molar-refractivity contribution in [2.75, 3.05) is 15.5 Å². The summed E-state index contributed by atoms with van der Waals surface area (Å²) in [7, 11) is 0. The molecule has 0 bridgehead atoms. The smallest absolute Gasteiger partial charge is 0.276 e. The molecule has 29 heavy (non-hydrogen) atoms. The van der Waals surface area contributed by atoms with E-state index < -0.39 is 17.4 Å². The number of carbonyl (C=O) groups excluding carboxylic acids is 2. The van der Waals surface area contributed by atoms with Gasteiger partial charge in [-0.1, -0.05) is 35.4 Å². The summed E-state index contributed by atoms with van der Waals surface area (Å²) in [6, 6.07) is 16.5. The molecule has 0 saturated carbocycles. The molecule has 7 heteroatoms. The van der Waals surface area contributed by atoms with E-state index in [1.54, 1.807) is 30.3 Å². The van der Waals surface area contributed by atoms with E-state index in [0.717, 1.165) is 5.56 Å². The Balaban J connectivity index is 1.83. The van der Waals surface area contributed by atoms with Gasteiger partial charge in [0.15, 0.2) is 0 Å². The van der Waals surface area contributed by atoms with Gasteiger partial charge >= 0.3 is 0 Å². The summed E-state index contributed by atoms with van der Waals surface area (Å²) in [6.45, 7) is 1.91. The molecular formula is C22H15ClFN3O2. The molecule has 3 aromatic rings. The zero-order valence-corrected chi connectivity index (χ0v) is 16.0. The fraction of sp³-hybridized carbons (Fsp3) is 0.0909. The standard InChI is InChI=1S/C22H15ClFN3O2/c1-12-6-9-19-15(10-12)22(21(29)25-19)26-18-5-3-2-4-14(18)20(28)27(22)13-7-8-17(24)16(23)11-13/h2-11,26H,1H3,(H,25,29). The summed E-state index contributed by atoms with van der Waals surface area (Å²) in [4.78, 5) is 28.3. The van der Waals surface area contributed by atoms with E-state index in [1.807, 2.05) is 19.1 Å². The number of aryl methyl sites for hydroxylation is 1. The Labute approximate surface area is 171 Å². The van der Waals surface area contributed by atoms with Crippen LogP contribution in [0.15, 0.2) is 60.7 Å². The molecule has 0 fully saturated rings. The number of halogens is 2. The predicted octanol–water partition coefficient (Wildman–Crippen LogP) is 4.66. The Morgan fingerprint density at radius 3 is 2.59 bits per heavy atom. The minimum Gasteiger partial charge on any atom is -0.350 e.